The molecular weight excluding hydrogens is 292 g/mol. The lowest BCUT2D eigenvalue weighted by molar-refractivity contribution is 0.285. The van der Waals surface area contributed by atoms with E-state index in [1.807, 2.05) is 0 Å². The first-order valence-corrected chi connectivity index (χ1v) is 7.99. The Balaban J connectivity index is 1.95. The van der Waals surface area contributed by atoms with Crippen LogP contribution in [0.25, 0.3) is 11.1 Å². The van der Waals surface area contributed by atoms with Gasteiger partial charge in [-0.25, -0.2) is 8.78 Å². The number of rotatable bonds is 3. The molecule has 21 heavy (non-hydrogen) atoms. The van der Waals surface area contributed by atoms with E-state index in [2.05, 4.69) is 0 Å². The summed E-state index contributed by atoms with van der Waals surface area (Å²) in [4.78, 5) is 2.58. The average molecular weight is 309 g/mol. The van der Waals surface area contributed by atoms with Crippen LogP contribution in [-0.4, -0.2) is 18.2 Å². The second kappa shape index (κ2) is 6.12. The lowest BCUT2D eigenvalue weighted by atomic mass is 10.1. The van der Waals surface area contributed by atoms with Crippen molar-refractivity contribution in [1.29, 1.82) is 0 Å². The number of aliphatic hydroxyl groups is 1. The SMILES string of the molecule is OCc1cc(-c2cc(F)c(N3CCCCC3)c(F)c2)cs1. The Bertz CT molecular complexity index is 612. The summed E-state index contributed by atoms with van der Waals surface area (Å²) in [7, 11) is 0. The maximum absolute atomic E-state index is 14.3. The Hall–Kier alpha value is -1.46. The fraction of sp³-hybridized carbons (Fsp3) is 0.375. The van der Waals surface area contributed by atoms with Crippen LogP contribution < -0.4 is 4.90 Å². The van der Waals surface area contributed by atoms with E-state index in [1.54, 1.807) is 16.3 Å². The molecule has 2 aromatic rings. The predicted octanol–water partition coefficient (Wildman–Crippen LogP) is 4.18. The molecule has 2 nitrogen and oxygen atoms in total. The van der Waals surface area contributed by atoms with E-state index < -0.39 is 11.6 Å². The first-order chi connectivity index (χ1) is 10.2. The lowest BCUT2D eigenvalue weighted by Crippen LogP contribution is -2.31. The van der Waals surface area contributed by atoms with Gasteiger partial charge >= 0.3 is 0 Å². The highest BCUT2D eigenvalue weighted by Gasteiger charge is 2.20. The van der Waals surface area contributed by atoms with Crippen LogP contribution in [0.1, 0.15) is 24.1 Å². The van der Waals surface area contributed by atoms with Gasteiger partial charge in [-0.05, 0) is 54.0 Å². The molecule has 0 bridgehead atoms. The van der Waals surface area contributed by atoms with Crippen molar-refractivity contribution in [2.75, 3.05) is 18.0 Å². The molecule has 0 radical (unpaired) electrons. The van der Waals surface area contributed by atoms with Gasteiger partial charge in [-0.1, -0.05) is 0 Å². The van der Waals surface area contributed by atoms with Gasteiger partial charge in [0.1, 0.15) is 17.3 Å². The van der Waals surface area contributed by atoms with Gasteiger partial charge in [0, 0.05) is 18.0 Å². The smallest absolute Gasteiger partial charge is 0.150 e. The molecule has 1 aliphatic rings. The molecule has 0 atom stereocenters. The lowest BCUT2D eigenvalue weighted by Gasteiger charge is -2.29. The standard InChI is InChI=1S/C16H17F2NOS/c17-14-7-11(12-6-13(9-20)21-10-12)8-15(18)16(14)19-4-2-1-3-5-19/h6-8,10,20H,1-5,9H2. The van der Waals surface area contributed by atoms with Gasteiger partial charge in [-0.15, -0.1) is 11.3 Å². The normalized spacial score (nSPS) is 15.5. The summed E-state index contributed by atoms with van der Waals surface area (Å²) in [5, 5.41) is 10.9. The van der Waals surface area contributed by atoms with E-state index in [0.717, 1.165) is 29.7 Å². The molecule has 3 rings (SSSR count). The summed E-state index contributed by atoms with van der Waals surface area (Å²) < 4.78 is 28.7. The molecule has 0 spiro atoms. The fourth-order valence-corrected chi connectivity index (χ4v) is 3.52. The number of hydrogen-bond acceptors (Lipinski definition) is 3. The van der Waals surface area contributed by atoms with Crippen molar-refractivity contribution in [1.82, 2.24) is 0 Å². The summed E-state index contributed by atoms with van der Waals surface area (Å²) in [6.07, 6.45) is 3.08. The number of hydrogen-bond donors (Lipinski definition) is 1. The summed E-state index contributed by atoms with van der Waals surface area (Å²) in [6, 6.07) is 4.53. The van der Waals surface area contributed by atoms with E-state index in [0.29, 0.717) is 18.7 Å². The number of anilines is 1. The van der Waals surface area contributed by atoms with Crippen LogP contribution in [0.15, 0.2) is 23.6 Å². The van der Waals surface area contributed by atoms with Crippen LogP contribution in [0.3, 0.4) is 0 Å². The molecule has 1 saturated heterocycles. The molecule has 1 aliphatic heterocycles. The largest absolute Gasteiger partial charge is 0.391 e. The quantitative estimate of drug-likeness (QED) is 0.919. The Morgan fingerprint density at radius 3 is 2.24 bits per heavy atom. The van der Waals surface area contributed by atoms with Crippen molar-refractivity contribution in [2.24, 2.45) is 0 Å². The molecule has 1 aromatic heterocycles. The molecular formula is C16H17F2NOS. The molecule has 1 aromatic carbocycles. The monoisotopic (exact) mass is 309 g/mol. The number of thiophene rings is 1. The van der Waals surface area contributed by atoms with Crippen molar-refractivity contribution in [2.45, 2.75) is 25.9 Å². The second-order valence-electron chi connectivity index (χ2n) is 5.30. The van der Waals surface area contributed by atoms with Crippen LogP contribution in [0.2, 0.25) is 0 Å². The third-order valence-electron chi connectivity index (χ3n) is 3.83. The molecule has 0 saturated carbocycles. The van der Waals surface area contributed by atoms with Crippen molar-refractivity contribution in [3.05, 3.63) is 40.1 Å². The Morgan fingerprint density at radius 2 is 1.67 bits per heavy atom. The van der Waals surface area contributed by atoms with Gasteiger partial charge in [0.2, 0.25) is 0 Å². The van der Waals surface area contributed by atoms with E-state index >= 15 is 0 Å². The molecule has 0 unspecified atom stereocenters. The van der Waals surface area contributed by atoms with Crippen molar-refractivity contribution < 1.29 is 13.9 Å². The highest BCUT2D eigenvalue weighted by molar-refractivity contribution is 7.10. The zero-order chi connectivity index (χ0) is 14.8. The highest BCUT2D eigenvalue weighted by atomic mass is 32.1. The minimum absolute atomic E-state index is 0.0541. The Kier molecular flexibility index (Phi) is 4.22. The zero-order valence-electron chi connectivity index (χ0n) is 11.6. The summed E-state index contributed by atoms with van der Waals surface area (Å²) >= 11 is 1.38. The highest BCUT2D eigenvalue weighted by Crippen LogP contribution is 2.33. The maximum atomic E-state index is 14.3. The molecule has 5 heteroatoms. The minimum Gasteiger partial charge on any atom is -0.391 e. The van der Waals surface area contributed by atoms with Crippen molar-refractivity contribution in [3.8, 4) is 11.1 Å². The van der Waals surface area contributed by atoms with Crippen LogP contribution in [0.4, 0.5) is 14.5 Å². The number of benzene rings is 1. The number of piperidine rings is 1. The van der Waals surface area contributed by atoms with E-state index in [-0.39, 0.29) is 12.3 Å². The number of halogens is 2. The topological polar surface area (TPSA) is 23.5 Å². The molecule has 2 heterocycles. The van der Waals surface area contributed by atoms with Crippen molar-refractivity contribution in [3.63, 3.8) is 0 Å². The van der Waals surface area contributed by atoms with Gasteiger partial charge in [0.15, 0.2) is 0 Å². The zero-order valence-corrected chi connectivity index (χ0v) is 12.4. The molecule has 0 amide bonds. The number of nitrogens with zero attached hydrogens (tertiary/aromatic N) is 1. The van der Waals surface area contributed by atoms with E-state index in [9.17, 15) is 8.78 Å². The Morgan fingerprint density at radius 1 is 1.00 bits per heavy atom. The van der Waals surface area contributed by atoms with Gasteiger partial charge < -0.3 is 10.0 Å². The van der Waals surface area contributed by atoms with E-state index in [4.69, 9.17) is 5.11 Å². The maximum Gasteiger partial charge on any atom is 0.150 e. The summed E-state index contributed by atoms with van der Waals surface area (Å²) in [5.41, 5.74) is 1.35. The van der Waals surface area contributed by atoms with Crippen LogP contribution >= 0.6 is 11.3 Å². The number of aliphatic hydroxyl groups excluding tert-OH is 1. The second-order valence-corrected chi connectivity index (χ2v) is 6.29. The molecule has 1 N–H and O–H groups in total. The minimum atomic E-state index is -0.511. The van der Waals surface area contributed by atoms with Crippen LogP contribution in [-0.2, 0) is 6.61 Å². The first-order valence-electron chi connectivity index (χ1n) is 7.11. The van der Waals surface area contributed by atoms with Crippen LogP contribution in [0, 0.1) is 11.6 Å². The first kappa shape index (κ1) is 14.5. The molecule has 1 fully saturated rings. The Labute approximate surface area is 126 Å². The third kappa shape index (κ3) is 2.94. The van der Waals surface area contributed by atoms with Gasteiger partial charge in [-0.2, -0.15) is 0 Å². The predicted molar refractivity (Wildman–Crippen MR) is 81.7 cm³/mol. The summed E-state index contributed by atoms with van der Waals surface area (Å²) in [5.74, 6) is -1.02. The average Bonchev–Trinajstić information content (AvgIpc) is 2.96. The van der Waals surface area contributed by atoms with Gasteiger partial charge in [-0.3, -0.25) is 0 Å². The van der Waals surface area contributed by atoms with E-state index in [1.165, 1.54) is 23.5 Å². The van der Waals surface area contributed by atoms with Gasteiger partial charge in [0.05, 0.1) is 6.61 Å². The van der Waals surface area contributed by atoms with Crippen molar-refractivity contribution >= 4 is 17.0 Å². The molecule has 112 valence electrons. The van der Waals surface area contributed by atoms with Crippen LogP contribution in [0.5, 0.6) is 0 Å². The third-order valence-corrected chi connectivity index (χ3v) is 4.75. The van der Waals surface area contributed by atoms with Gasteiger partial charge in [0.25, 0.3) is 0 Å². The molecule has 0 aliphatic carbocycles. The summed E-state index contributed by atoms with van der Waals surface area (Å²) in [6.45, 7) is 1.36. The fourth-order valence-electron chi connectivity index (χ4n) is 2.77.